The number of methoxy groups -OCH3 is 1. The summed E-state index contributed by atoms with van der Waals surface area (Å²) in [6.45, 7) is 6.10. The Balaban J connectivity index is 2.61. The van der Waals surface area contributed by atoms with E-state index in [1.807, 2.05) is 0 Å². The van der Waals surface area contributed by atoms with Gasteiger partial charge in [-0.2, -0.15) is 0 Å². The molecule has 0 aromatic rings. The third-order valence-electron chi connectivity index (χ3n) is 4.75. The monoisotopic (exact) mass is 326 g/mol. The van der Waals surface area contributed by atoms with Crippen molar-refractivity contribution < 1.29 is 9.53 Å². The van der Waals surface area contributed by atoms with Gasteiger partial charge >= 0.3 is 0 Å². The van der Waals surface area contributed by atoms with Gasteiger partial charge in [-0.1, -0.05) is 13.3 Å². The Labute approximate surface area is 141 Å². The predicted molar refractivity (Wildman–Crippen MR) is 94.7 cm³/mol. The number of amides is 1. The number of nitrogens with one attached hydrogen (secondary N) is 2. The van der Waals surface area contributed by atoms with Crippen LogP contribution in [0.5, 0.6) is 0 Å². The second kappa shape index (κ2) is 9.75. The Morgan fingerprint density at radius 3 is 2.57 bits per heavy atom. The minimum absolute atomic E-state index is 0.00740. The number of guanidine groups is 1. The molecule has 0 spiro atoms. The molecule has 0 radical (unpaired) electrons. The molecular formula is C17H34N4O2. The van der Waals surface area contributed by atoms with Crippen LogP contribution in [0.4, 0.5) is 0 Å². The van der Waals surface area contributed by atoms with Crippen LogP contribution in [-0.4, -0.2) is 63.7 Å². The van der Waals surface area contributed by atoms with Gasteiger partial charge in [0.2, 0.25) is 5.91 Å². The molecule has 23 heavy (non-hydrogen) atoms. The SMILES string of the molecule is CCC(C)NC(=NCC(=O)N(C)C)NCC1(CCOC)CCC1. The topological polar surface area (TPSA) is 66.0 Å². The van der Waals surface area contributed by atoms with Crippen molar-refractivity contribution >= 4 is 11.9 Å². The van der Waals surface area contributed by atoms with E-state index in [2.05, 4.69) is 29.5 Å². The summed E-state index contributed by atoms with van der Waals surface area (Å²) in [5.74, 6) is 0.742. The predicted octanol–water partition coefficient (Wildman–Crippen LogP) is 1.62. The number of nitrogens with zero attached hydrogens (tertiary/aromatic N) is 2. The first-order valence-electron chi connectivity index (χ1n) is 8.66. The van der Waals surface area contributed by atoms with Gasteiger partial charge in [0.15, 0.2) is 5.96 Å². The molecule has 1 rings (SSSR count). The maximum Gasteiger partial charge on any atom is 0.243 e. The second-order valence-electron chi connectivity index (χ2n) is 6.86. The number of hydrogen-bond donors (Lipinski definition) is 2. The molecule has 134 valence electrons. The van der Waals surface area contributed by atoms with E-state index in [1.165, 1.54) is 19.3 Å². The van der Waals surface area contributed by atoms with Gasteiger partial charge in [0.25, 0.3) is 0 Å². The van der Waals surface area contributed by atoms with Crippen LogP contribution in [0.15, 0.2) is 4.99 Å². The maximum absolute atomic E-state index is 11.8. The zero-order valence-corrected chi connectivity index (χ0v) is 15.4. The van der Waals surface area contributed by atoms with E-state index in [9.17, 15) is 4.79 Å². The van der Waals surface area contributed by atoms with Gasteiger partial charge in [0.1, 0.15) is 6.54 Å². The molecule has 1 atom stereocenters. The molecule has 0 aromatic carbocycles. The minimum Gasteiger partial charge on any atom is -0.385 e. The third kappa shape index (κ3) is 6.77. The molecule has 0 bridgehead atoms. The molecule has 6 nitrogen and oxygen atoms in total. The number of ether oxygens (including phenoxy) is 1. The minimum atomic E-state index is 0.00740. The molecule has 0 aliphatic heterocycles. The highest BCUT2D eigenvalue weighted by Crippen LogP contribution is 2.43. The van der Waals surface area contributed by atoms with Gasteiger partial charge < -0.3 is 20.3 Å². The highest BCUT2D eigenvalue weighted by molar-refractivity contribution is 5.84. The molecule has 0 aromatic heterocycles. The lowest BCUT2D eigenvalue weighted by Crippen LogP contribution is -2.49. The number of carbonyl (C=O) groups excluding carboxylic acids is 1. The average Bonchev–Trinajstić information content (AvgIpc) is 2.50. The second-order valence-corrected chi connectivity index (χ2v) is 6.86. The molecule has 6 heteroatoms. The first kappa shape index (κ1) is 19.7. The van der Waals surface area contributed by atoms with E-state index in [1.54, 1.807) is 26.1 Å². The summed E-state index contributed by atoms with van der Waals surface area (Å²) in [6, 6.07) is 0.326. The average molecular weight is 326 g/mol. The number of aliphatic imine (C=N–C) groups is 1. The summed E-state index contributed by atoms with van der Waals surface area (Å²) in [6.07, 6.45) is 5.84. The lowest BCUT2D eigenvalue weighted by Gasteiger charge is -2.42. The van der Waals surface area contributed by atoms with Crippen molar-refractivity contribution in [2.75, 3.05) is 40.9 Å². The summed E-state index contributed by atoms with van der Waals surface area (Å²) >= 11 is 0. The maximum atomic E-state index is 11.8. The number of likely N-dealkylation sites (N-methyl/N-ethyl adjacent to an activating group) is 1. The Kier molecular flexibility index (Phi) is 8.37. The Morgan fingerprint density at radius 2 is 2.09 bits per heavy atom. The molecule has 1 saturated carbocycles. The van der Waals surface area contributed by atoms with Crippen molar-refractivity contribution in [2.24, 2.45) is 10.4 Å². The van der Waals surface area contributed by atoms with Crippen LogP contribution in [0.25, 0.3) is 0 Å². The summed E-state index contributed by atoms with van der Waals surface area (Å²) < 4.78 is 5.24. The fourth-order valence-corrected chi connectivity index (χ4v) is 2.56. The fourth-order valence-electron chi connectivity index (χ4n) is 2.56. The third-order valence-corrected chi connectivity index (χ3v) is 4.75. The fraction of sp³-hybridized carbons (Fsp3) is 0.882. The van der Waals surface area contributed by atoms with Crippen molar-refractivity contribution in [2.45, 2.75) is 52.0 Å². The van der Waals surface area contributed by atoms with Crippen molar-refractivity contribution in [1.29, 1.82) is 0 Å². The molecule has 2 N–H and O–H groups in total. The van der Waals surface area contributed by atoms with Gasteiger partial charge in [0.05, 0.1) is 0 Å². The van der Waals surface area contributed by atoms with E-state index in [0.29, 0.717) is 11.5 Å². The number of carbonyl (C=O) groups is 1. The van der Waals surface area contributed by atoms with E-state index < -0.39 is 0 Å². The lowest BCUT2D eigenvalue weighted by molar-refractivity contribution is -0.127. The van der Waals surface area contributed by atoms with Gasteiger partial charge in [-0.15, -0.1) is 0 Å². The first-order chi connectivity index (χ1) is 10.9. The van der Waals surface area contributed by atoms with Crippen molar-refractivity contribution in [3.8, 4) is 0 Å². The Bertz CT molecular complexity index is 392. The standard InChI is InChI=1S/C17H34N4O2/c1-6-14(2)20-16(18-12-15(22)21(3)4)19-13-17(8-7-9-17)10-11-23-5/h14H,6-13H2,1-5H3,(H2,18,19,20). The largest absolute Gasteiger partial charge is 0.385 e. The van der Waals surface area contributed by atoms with Crippen molar-refractivity contribution in [3.63, 3.8) is 0 Å². The highest BCUT2D eigenvalue weighted by atomic mass is 16.5. The van der Waals surface area contributed by atoms with Crippen LogP contribution in [0.3, 0.4) is 0 Å². The summed E-state index contributed by atoms with van der Waals surface area (Å²) in [5.41, 5.74) is 0.319. The van der Waals surface area contributed by atoms with E-state index in [4.69, 9.17) is 4.74 Å². The van der Waals surface area contributed by atoms with Crippen LogP contribution in [0, 0.1) is 5.41 Å². The van der Waals surface area contributed by atoms with Crippen LogP contribution in [0.1, 0.15) is 46.0 Å². The highest BCUT2D eigenvalue weighted by Gasteiger charge is 2.36. The molecule has 0 saturated heterocycles. The van der Waals surface area contributed by atoms with E-state index in [-0.39, 0.29) is 12.5 Å². The Hall–Kier alpha value is -1.30. The molecule has 1 unspecified atom stereocenters. The Morgan fingerprint density at radius 1 is 1.39 bits per heavy atom. The first-order valence-corrected chi connectivity index (χ1v) is 8.66. The zero-order valence-electron chi connectivity index (χ0n) is 15.4. The van der Waals surface area contributed by atoms with E-state index >= 15 is 0 Å². The quantitative estimate of drug-likeness (QED) is 0.499. The smallest absolute Gasteiger partial charge is 0.243 e. The summed E-state index contributed by atoms with van der Waals surface area (Å²) in [7, 11) is 5.26. The molecule has 0 heterocycles. The van der Waals surface area contributed by atoms with Gasteiger partial charge in [-0.25, -0.2) is 4.99 Å². The van der Waals surface area contributed by atoms with Gasteiger partial charge in [0, 0.05) is 40.4 Å². The zero-order chi connectivity index (χ0) is 17.3. The van der Waals surface area contributed by atoms with Crippen LogP contribution in [0.2, 0.25) is 0 Å². The van der Waals surface area contributed by atoms with Gasteiger partial charge in [-0.3, -0.25) is 4.79 Å². The molecule has 1 aliphatic rings. The van der Waals surface area contributed by atoms with Crippen LogP contribution in [-0.2, 0) is 9.53 Å². The lowest BCUT2D eigenvalue weighted by atomic mass is 9.67. The molecular weight excluding hydrogens is 292 g/mol. The molecule has 1 fully saturated rings. The summed E-state index contributed by atoms with van der Waals surface area (Å²) in [5, 5.41) is 6.82. The van der Waals surface area contributed by atoms with Crippen LogP contribution >= 0.6 is 0 Å². The van der Waals surface area contributed by atoms with Crippen molar-refractivity contribution in [3.05, 3.63) is 0 Å². The van der Waals surface area contributed by atoms with Gasteiger partial charge in [-0.05, 0) is 38.0 Å². The molecule has 1 amide bonds. The number of hydrogen-bond acceptors (Lipinski definition) is 3. The van der Waals surface area contributed by atoms with E-state index in [0.717, 1.165) is 32.0 Å². The number of rotatable bonds is 9. The van der Waals surface area contributed by atoms with Crippen molar-refractivity contribution in [1.82, 2.24) is 15.5 Å². The normalized spacial score (nSPS) is 18.0. The van der Waals surface area contributed by atoms with Crippen LogP contribution < -0.4 is 10.6 Å². The molecule has 1 aliphatic carbocycles. The summed E-state index contributed by atoms with van der Waals surface area (Å²) in [4.78, 5) is 17.8.